The third kappa shape index (κ3) is 2.65. The molecule has 1 aromatic carbocycles. The Morgan fingerprint density at radius 1 is 1.31 bits per heavy atom. The fraction of sp³-hybridized carbons (Fsp3) is 0.222. The average molecular weight is 275 g/mol. The molecular weight excluding hydrogens is 271 g/mol. The first-order chi connectivity index (χ1) is 7.27. The lowest BCUT2D eigenvalue weighted by atomic mass is 10.1. The van der Waals surface area contributed by atoms with E-state index in [0.29, 0.717) is 12.1 Å². The minimum atomic E-state index is -4.88. The highest BCUT2D eigenvalue weighted by Crippen LogP contribution is 2.34. The van der Waals surface area contributed by atoms with Crippen molar-refractivity contribution in [2.45, 2.75) is 6.18 Å². The molecule has 0 heterocycles. The van der Waals surface area contributed by atoms with E-state index in [9.17, 15) is 22.4 Å². The largest absolute Gasteiger partial charge is 0.419 e. The van der Waals surface area contributed by atoms with Crippen LogP contribution in [0.15, 0.2) is 12.1 Å². The summed E-state index contributed by atoms with van der Waals surface area (Å²) < 4.78 is 49.8. The molecule has 16 heavy (non-hydrogen) atoms. The van der Waals surface area contributed by atoms with Gasteiger partial charge in [0.1, 0.15) is 5.82 Å². The first-order valence-corrected chi connectivity index (χ1v) is 4.84. The maximum absolute atomic E-state index is 12.9. The van der Waals surface area contributed by atoms with Gasteiger partial charge in [0, 0.05) is 5.56 Å². The predicted octanol–water partition coefficient (Wildman–Crippen LogP) is 3.92. The van der Waals surface area contributed by atoms with Gasteiger partial charge in [-0.2, -0.15) is 13.2 Å². The van der Waals surface area contributed by atoms with E-state index < -0.39 is 39.8 Å². The summed E-state index contributed by atoms with van der Waals surface area (Å²) in [5.41, 5.74) is -1.98. The molecule has 0 atom stereocenters. The second kappa shape index (κ2) is 4.59. The summed E-state index contributed by atoms with van der Waals surface area (Å²) in [4.78, 5) is 11.1. The molecule has 1 nitrogen and oxygen atoms in total. The van der Waals surface area contributed by atoms with Gasteiger partial charge in [0.15, 0.2) is 5.78 Å². The molecule has 0 aliphatic rings. The molecule has 7 heteroatoms. The molecule has 0 fully saturated rings. The number of Topliss-reactive ketones (excluding diaryl/α,β-unsaturated/α-hetero) is 1. The second-order valence-electron chi connectivity index (χ2n) is 2.87. The van der Waals surface area contributed by atoms with Crippen LogP contribution < -0.4 is 0 Å². The monoisotopic (exact) mass is 274 g/mol. The van der Waals surface area contributed by atoms with E-state index >= 15 is 0 Å². The van der Waals surface area contributed by atoms with Crippen molar-refractivity contribution in [3.8, 4) is 0 Å². The van der Waals surface area contributed by atoms with Crippen LogP contribution >= 0.6 is 23.2 Å². The van der Waals surface area contributed by atoms with E-state index in [-0.39, 0.29) is 0 Å². The van der Waals surface area contributed by atoms with Gasteiger partial charge in [-0.1, -0.05) is 11.6 Å². The molecule has 0 aliphatic carbocycles. The number of carbonyl (C=O) groups is 1. The highest BCUT2D eigenvalue weighted by molar-refractivity contribution is 6.37. The standard InChI is InChI=1S/C9H4Cl2F4O/c10-3-8(16)4-1-5(9(13,14)15)7(12)2-6(4)11/h1-2H,3H2. The summed E-state index contributed by atoms with van der Waals surface area (Å²) in [6.07, 6.45) is -4.88. The van der Waals surface area contributed by atoms with Crippen molar-refractivity contribution in [1.82, 2.24) is 0 Å². The van der Waals surface area contributed by atoms with E-state index in [1.165, 1.54) is 0 Å². The number of hydrogen-bond acceptors (Lipinski definition) is 1. The van der Waals surface area contributed by atoms with Crippen LogP contribution in [0.1, 0.15) is 15.9 Å². The van der Waals surface area contributed by atoms with E-state index in [1.807, 2.05) is 0 Å². The Morgan fingerprint density at radius 2 is 1.88 bits per heavy atom. The first kappa shape index (κ1) is 13.3. The minimum absolute atomic E-state index is 0.363. The van der Waals surface area contributed by atoms with Crippen molar-refractivity contribution in [1.29, 1.82) is 0 Å². The molecule has 0 amide bonds. The van der Waals surface area contributed by atoms with Crippen LogP contribution in [-0.4, -0.2) is 11.7 Å². The van der Waals surface area contributed by atoms with Gasteiger partial charge in [-0.25, -0.2) is 4.39 Å². The first-order valence-electron chi connectivity index (χ1n) is 3.92. The summed E-state index contributed by atoms with van der Waals surface area (Å²) in [5, 5.41) is -0.392. The van der Waals surface area contributed by atoms with Gasteiger partial charge in [0.25, 0.3) is 0 Å². The molecule has 0 radical (unpaired) electrons. The summed E-state index contributed by atoms with van der Waals surface area (Å²) in [6.45, 7) is 0. The van der Waals surface area contributed by atoms with Crippen molar-refractivity contribution in [3.63, 3.8) is 0 Å². The van der Waals surface area contributed by atoms with Crippen LogP contribution in [0.3, 0.4) is 0 Å². The number of benzene rings is 1. The number of halogens is 6. The van der Waals surface area contributed by atoms with Crippen LogP contribution in [0.2, 0.25) is 5.02 Å². The maximum Gasteiger partial charge on any atom is 0.419 e. The van der Waals surface area contributed by atoms with Gasteiger partial charge in [-0.05, 0) is 12.1 Å². The SMILES string of the molecule is O=C(CCl)c1cc(C(F)(F)F)c(F)cc1Cl. The summed E-state index contributed by atoms with van der Waals surface area (Å²) >= 11 is 10.6. The van der Waals surface area contributed by atoms with Gasteiger partial charge in [-0.15, -0.1) is 11.6 Å². The molecule has 88 valence electrons. The van der Waals surface area contributed by atoms with Crippen LogP contribution in [0.4, 0.5) is 17.6 Å². The summed E-state index contributed by atoms with van der Waals surface area (Å²) in [7, 11) is 0. The quantitative estimate of drug-likeness (QED) is 0.454. The Kier molecular flexibility index (Phi) is 3.80. The van der Waals surface area contributed by atoms with Gasteiger partial charge >= 0.3 is 6.18 Å². The fourth-order valence-electron chi connectivity index (χ4n) is 1.05. The Labute approximate surface area is 98.0 Å². The van der Waals surface area contributed by atoms with Gasteiger partial charge in [0.05, 0.1) is 16.5 Å². The highest BCUT2D eigenvalue weighted by atomic mass is 35.5. The van der Waals surface area contributed by atoms with Crippen LogP contribution in [-0.2, 0) is 6.18 Å². The number of rotatable bonds is 2. The molecule has 1 rings (SSSR count). The van der Waals surface area contributed by atoms with Crippen molar-refractivity contribution in [2.24, 2.45) is 0 Å². The molecule has 0 unspecified atom stereocenters. The Hall–Kier alpha value is -0.810. The van der Waals surface area contributed by atoms with E-state index in [2.05, 4.69) is 0 Å². The van der Waals surface area contributed by atoms with Crippen LogP contribution in [0.5, 0.6) is 0 Å². The minimum Gasteiger partial charge on any atom is -0.293 e. The fourth-order valence-corrected chi connectivity index (χ4v) is 1.45. The van der Waals surface area contributed by atoms with Crippen LogP contribution in [0, 0.1) is 5.82 Å². The Morgan fingerprint density at radius 3 is 2.31 bits per heavy atom. The zero-order valence-electron chi connectivity index (χ0n) is 7.54. The van der Waals surface area contributed by atoms with Crippen molar-refractivity contribution in [2.75, 3.05) is 5.88 Å². The molecular formula is C9H4Cl2F4O. The topological polar surface area (TPSA) is 17.1 Å². The van der Waals surface area contributed by atoms with Crippen molar-refractivity contribution < 1.29 is 22.4 Å². The van der Waals surface area contributed by atoms with Crippen molar-refractivity contribution >= 4 is 29.0 Å². The van der Waals surface area contributed by atoms with Crippen LogP contribution in [0.25, 0.3) is 0 Å². The molecule has 0 saturated heterocycles. The van der Waals surface area contributed by atoms with Gasteiger partial charge in [-0.3, -0.25) is 4.79 Å². The lowest BCUT2D eigenvalue weighted by Crippen LogP contribution is -2.11. The normalized spacial score (nSPS) is 11.6. The number of hydrogen-bond donors (Lipinski definition) is 0. The Bertz CT molecular complexity index is 428. The zero-order valence-corrected chi connectivity index (χ0v) is 9.05. The number of alkyl halides is 4. The number of ketones is 1. The van der Waals surface area contributed by atoms with E-state index in [4.69, 9.17) is 23.2 Å². The third-order valence-electron chi connectivity index (χ3n) is 1.78. The summed E-state index contributed by atoms with van der Waals surface area (Å²) in [5.74, 6) is -2.84. The molecule has 0 N–H and O–H groups in total. The third-order valence-corrected chi connectivity index (χ3v) is 2.34. The van der Waals surface area contributed by atoms with Crippen molar-refractivity contribution in [3.05, 3.63) is 34.1 Å². The maximum atomic E-state index is 12.9. The number of carbonyl (C=O) groups excluding carboxylic acids is 1. The molecule has 0 saturated carbocycles. The van der Waals surface area contributed by atoms with Gasteiger partial charge in [0.2, 0.25) is 0 Å². The molecule has 0 aromatic heterocycles. The Balaban J connectivity index is 3.39. The second-order valence-corrected chi connectivity index (χ2v) is 3.54. The lowest BCUT2D eigenvalue weighted by molar-refractivity contribution is -0.140. The highest BCUT2D eigenvalue weighted by Gasteiger charge is 2.35. The zero-order chi connectivity index (χ0) is 12.5. The average Bonchev–Trinajstić information content (AvgIpc) is 2.14. The van der Waals surface area contributed by atoms with Gasteiger partial charge < -0.3 is 0 Å². The summed E-state index contributed by atoms with van der Waals surface area (Å²) in [6, 6.07) is 0.812. The predicted molar refractivity (Wildman–Crippen MR) is 51.5 cm³/mol. The molecule has 0 bridgehead atoms. The van der Waals surface area contributed by atoms with E-state index in [0.717, 1.165) is 0 Å². The molecule has 0 spiro atoms. The molecule has 0 aliphatic heterocycles. The lowest BCUT2D eigenvalue weighted by Gasteiger charge is -2.10. The molecule has 1 aromatic rings. The smallest absolute Gasteiger partial charge is 0.293 e. The van der Waals surface area contributed by atoms with E-state index in [1.54, 1.807) is 0 Å².